The molecule has 0 fully saturated rings. The van der Waals surface area contributed by atoms with Gasteiger partial charge < -0.3 is 9.47 Å². The van der Waals surface area contributed by atoms with E-state index in [0.29, 0.717) is 0 Å². The monoisotopic (exact) mass is 264 g/mol. The second-order valence-electron chi connectivity index (χ2n) is 3.10. The van der Waals surface area contributed by atoms with E-state index in [-0.39, 0.29) is 11.4 Å². The lowest BCUT2D eigenvalue weighted by Crippen LogP contribution is -2.20. The minimum absolute atomic E-state index is 0.168. The number of nitriles is 1. The Kier molecular flexibility index (Phi) is 4.31. The molecule has 0 saturated carbocycles. The number of aromatic nitrogens is 1. The average molecular weight is 264 g/mol. The van der Waals surface area contributed by atoms with Gasteiger partial charge in [0, 0.05) is 0 Å². The van der Waals surface area contributed by atoms with Gasteiger partial charge in [-0.05, 0) is 0 Å². The van der Waals surface area contributed by atoms with Crippen LogP contribution in [0.1, 0.15) is 11.3 Å². The van der Waals surface area contributed by atoms with Gasteiger partial charge in [-0.15, -0.1) is 13.2 Å². The van der Waals surface area contributed by atoms with Gasteiger partial charge in [-0.2, -0.15) is 5.26 Å². The van der Waals surface area contributed by atoms with Gasteiger partial charge in [-0.25, -0.2) is 4.39 Å². The number of hydrogen-bond acceptors (Lipinski definition) is 4. The maximum absolute atomic E-state index is 12.8. The fraction of sp³-hybridized carbons (Fsp3) is 0.400. The zero-order chi connectivity index (χ0) is 13.8. The molecule has 98 valence electrons. The number of rotatable bonds is 4. The Morgan fingerprint density at radius 3 is 2.56 bits per heavy atom. The second-order valence-corrected chi connectivity index (χ2v) is 3.10. The molecule has 0 aliphatic carbocycles. The number of ether oxygens (including phenoxy) is 2. The maximum atomic E-state index is 12.8. The molecule has 1 rings (SSSR count). The lowest BCUT2D eigenvalue weighted by Gasteiger charge is -2.16. The van der Waals surface area contributed by atoms with Crippen LogP contribution < -0.4 is 9.47 Å². The number of hydrogen-bond donors (Lipinski definition) is 0. The minimum Gasteiger partial charge on any atom is -0.495 e. The van der Waals surface area contributed by atoms with Crippen molar-refractivity contribution in [1.29, 1.82) is 5.26 Å². The standard InChI is InChI=1S/C10H8F4N2O2/c1-17-8-5-16-7(2-3-15)9(6(8)4-11)18-10(12,13)14/h5H,2,4H2,1H3. The van der Waals surface area contributed by atoms with Gasteiger partial charge in [0.15, 0.2) is 5.75 Å². The summed E-state index contributed by atoms with van der Waals surface area (Å²) < 4.78 is 57.9. The first-order chi connectivity index (χ1) is 8.42. The molecule has 4 nitrogen and oxygen atoms in total. The Morgan fingerprint density at radius 1 is 1.44 bits per heavy atom. The Labute approximate surface area is 99.8 Å². The molecule has 0 saturated heterocycles. The molecule has 0 unspecified atom stereocenters. The molecule has 0 aliphatic heterocycles. The Hall–Kier alpha value is -2.04. The summed E-state index contributed by atoms with van der Waals surface area (Å²) in [4.78, 5) is 3.59. The third-order valence-electron chi connectivity index (χ3n) is 1.99. The molecule has 0 radical (unpaired) electrons. The fourth-order valence-corrected chi connectivity index (χ4v) is 1.30. The Balaban J connectivity index is 3.34. The molecule has 0 spiro atoms. The van der Waals surface area contributed by atoms with Crippen molar-refractivity contribution in [2.75, 3.05) is 7.11 Å². The first-order valence-corrected chi connectivity index (χ1v) is 4.66. The van der Waals surface area contributed by atoms with E-state index in [9.17, 15) is 17.6 Å². The van der Waals surface area contributed by atoms with Gasteiger partial charge in [-0.1, -0.05) is 0 Å². The van der Waals surface area contributed by atoms with E-state index in [4.69, 9.17) is 10.00 Å². The van der Waals surface area contributed by atoms with Crippen LogP contribution in [0.5, 0.6) is 11.5 Å². The third-order valence-corrected chi connectivity index (χ3v) is 1.99. The molecule has 0 aliphatic rings. The van der Waals surface area contributed by atoms with E-state index in [0.717, 1.165) is 13.3 Å². The van der Waals surface area contributed by atoms with Gasteiger partial charge in [0.05, 0.1) is 37.1 Å². The normalized spacial score (nSPS) is 10.9. The van der Waals surface area contributed by atoms with Crippen molar-refractivity contribution in [1.82, 2.24) is 4.98 Å². The molecule has 0 amide bonds. The third kappa shape index (κ3) is 3.23. The van der Waals surface area contributed by atoms with Crippen molar-refractivity contribution < 1.29 is 27.0 Å². The number of alkyl halides is 4. The molecule has 8 heteroatoms. The molecule has 0 bridgehead atoms. The zero-order valence-electron chi connectivity index (χ0n) is 9.21. The highest BCUT2D eigenvalue weighted by atomic mass is 19.4. The van der Waals surface area contributed by atoms with Crippen molar-refractivity contribution in [3.8, 4) is 17.6 Å². The molecule has 18 heavy (non-hydrogen) atoms. The van der Waals surface area contributed by atoms with Crippen molar-refractivity contribution >= 4 is 0 Å². The van der Waals surface area contributed by atoms with Crippen molar-refractivity contribution in [2.24, 2.45) is 0 Å². The summed E-state index contributed by atoms with van der Waals surface area (Å²) in [6.45, 7) is -1.23. The van der Waals surface area contributed by atoms with Crippen LogP contribution in [0.2, 0.25) is 0 Å². The van der Waals surface area contributed by atoms with Gasteiger partial charge >= 0.3 is 6.36 Å². The predicted octanol–water partition coefficient (Wildman–Crippen LogP) is 2.52. The van der Waals surface area contributed by atoms with Gasteiger partial charge in [0.25, 0.3) is 0 Å². The molecular weight excluding hydrogens is 256 g/mol. The van der Waals surface area contributed by atoms with Crippen LogP contribution in [0.25, 0.3) is 0 Å². The SMILES string of the molecule is COc1cnc(CC#N)c(OC(F)(F)F)c1CF. The van der Waals surface area contributed by atoms with Crippen LogP contribution in [0.4, 0.5) is 17.6 Å². The summed E-state index contributed by atoms with van der Waals surface area (Å²) in [6.07, 6.45) is -4.38. The topological polar surface area (TPSA) is 55.1 Å². The van der Waals surface area contributed by atoms with Crippen molar-refractivity contribution in [3.63, 3.8) is 0 Å². The molecule has 0 atom stereocenters. The van der Waals surface area contributed by atoms with Gasteiger partial charge in [0.1, 0.15) is 12.4 Å². The first-order valence-electron chi connectivity index (χ1n) is 4.66. The Bertz CT molecular complexity index is 468. The van der Waals surface area contributed by atoms with Gasteiger partial charge in [0.2, 0.25) is 0 Å². The summed E-state index contributed by atoms with van der Waals surface area (Å²) in [5, 5.41) is 8.48. The van der Waals surface area contributed by atoms with Crippen LogP contribution >= 0.6 is 0 Å². The molecular formula is C10H8F4N2O2. The number of nitrogens with zero attached hydrogens (tertiary/aromatic N) is 2. The smallest absolute Gasteiger partial charge is 0.495 e. The van der Waals surface area contributed by atoms with Crippen LogP contribution in [-0.2, 0) is 13.1 Å². The summed E-state index contributed by atoms with van der Waals surface area (Å²) in [5.41, 5.74) is -0.710. The molecule has 0 N–H and O–H groups in total. The van der Waals surface area contributed by atoms with Gasteiger partial charge in [-0.3, -0.25) is 4.98 Å². The average Bonchev–Trinajstić information content (AvgIpc) is 2.29. The van der Waals surface area contributed by atoms with E-state index in [2.05, 4.69) is 9.72 Å². The maximum Gasteiger partial charge on any atom is 0.573 e. The van der Waals surface area contributed by atoms with Crippen LogP contribution in [0.15, 0.2) is 6.20 Å². The summed E-state index contributed by atoms with van der Waals surface area (Å²) >= 11 is 0. The number of methoxy groups -OCH3 is 1. The minimum atomic E-state index is -5.00. The zero-order valence-corrected chi connectivity index (χ0v) is 9.21. The van der Waals surface area contributed by atoms with Crippen LogP contribution in [0, 0.1) is 11.3 Å². The predicted molar refractivity (Wildman–Crippen MR) is 51.6 cm³/mol. The fourth-order valence-electron chi connectivity index (χ4n) is 1.30. The number of pyridine rings is 1. The van der Waals surface area contributed by atoms with Crippen LogP contribution in [0.3, 0.4) is 0 Å². The highest BCUT2D eigenvalue weighted by Crippen LogP contribution is 2.35. The second kappa shape index (κ2) is 5.53. The van der Waals surface area contributed by atoms with E-state index in [1.165, 1.54) is 0 Å². The van der Waals surface area contributed by atoms with Crippen molar-refractivity contribution in [2.45, 2.75) is 19.5 Å². The molecule has 1 aromatic rings. The van der Waals surface area contributed by atoms with E-state index in [1.54, 1.807) is 6.07 Å². The quantitative estimate of drug-likeness (QED) is 0.784. The number of halogens is 4. The Morgan fingerprint density at radius 2 is 2.11 bits per heavy atom. The van der Waals surface area contributed by atoms with Crippen LogP contribution in [-0.4, -0.2) is 18.5 Å². The van der Waals surface area contributed by atoms with E-state index >= 15 is 0 Å². The summed E-state index contributed by atoms with van der Waals surface area (Å²) in [6, 6.07) is 1.63. The molecule has 1 aromatic heterocycles. The summed E-state index contributed by atoms with van der Waals surface area (Å²) in [7, 11) is 1.16. The first kappa shape index (κ1) is 14.0. The van der Waals surface area contributed by atoms with E-state index < -0.39 is 30.8 Å². The van der Waals surface area contributed by atoms with E-state index in [1.807, 2.05) is 0 Å². The highest BCUT2D eigenvalue weighted by Gasteiger charge is 2.34. The molecule has 0 aromatic carbocycles. The largest absolute Gasteiger partial charge is 0.573 e. The summed E-state index contributed by atoms with van der Waals surface area (Å²) in [5.74, 6) is -0.982. The highest BCUT2D eigenvalue weighted by molar-refractivity contribution is 5.46. The van der Waals surface area contributed by atoms with Crippen molar-refractivity contribution in [3.05, 3.63) is 17.5 Å². The lowest BCUT2D eigenvalue weighted by atomic mass is 10.1. The lowest BCUT2D eigenvalue weighted by molar-refractivity contribution is -0.275. The molecule has 1 heterocycles.